The van der Waals surface area contributed by atoms with E-state index < -0.39 is 10.1 Å². The van der Waals surface area contributed by atoms with Crippen molar-refractivity contribution in [1.82, 2.24) is 14.4 Å². The molecule has 9 nitrogen and oxygen atoms in total. The van der Waals surface area contributed by atoms with Gasteiger partial charge in [-0.2, -0.15) is 8.42 Å². The van der Waals surface area contributed by atoms with E-state index in [9.17, 15) is 13.0 Å². The van der Waals surface area contributed by atoms with E-state index >= 15 is 0 Å². The van der Waals surface area contributed by atoms with Crippen LogP contribution in [0, 0.1) is 6.92 Å². The van der Waals surface area contributed by atoms with Crippen molar-refractivity contribution in [1.29, 1.82) is 0 Å². The van der Waals surface area contributed by atoms with E-state index in [0.29, 0.717) is 39.6 Å². The third kappa shape index (κ3) is 3.38. The Morgan fingerprint density at radius 3 is 2.43 bits per heavy atom. The standard InChI is InChI=1S/C19H17ClN4O5S/c1-10-4-11(30(25,26)27)5-12(20)18(10)23-19-15-8-21-9-24(15)14-7-17(29-3)16(28-2)6-13(14)22-19/h4-9H,1-3H3,(H,22,23)(H,25,26,27). The fourth-order valence-electron chi connectivity index (χ4n) is 3.21. The van der Waals surface area contributed by atoms with E-state index in [4.69, 9.17) is 21.1 Å². The zero-order valence-electron chi connectivity index (χ0n) is 16.2. The van der Waals surface area contributed by atoms with Gasteiger partial charge >= 0.3 is 0 Å². The molecule has 4 rings (SSSR count). The molecule has 2 N–H and O–H groups in total. The fourth-order valence-corrected chi connectivity index (χ4v) is 4.18. The normalized spacial score (nSPS) is 11.8. The predicted molar refractivity (Wildman–Crippen MR) is 113 cm³/mol. The molecule has 156 valence electrons. The number of benzene rings is 2. The molecule has 0 aliphatic rings. The first-order chi connectivity index (χ1) is 14.2. The van der Waals surface area contributed by atoms with Gasteiger partial charge in [-0.15, -0.1) is 0 Å². The average Bonchev–Trinajstić information content (AvgIpc) is 3.19. The molecule has 0 fully saturated rings. The molecule has 11 heteroatoms. The van der Waals surface area contributed by atoms with Gasteiger partial charge in [-0.25, -0.2) is 9.97 Å². The van der Waals surface area contributed by atoms with Crippen molar-refractivity contribution >= 4 is 49.8 Å². The number of aryl methyl sites for hydroxylation is 1. The molecule has 0 saturated carbocycles. The third-order valence-electron chi connectivity index (χ3n) is 4.66. The van der Waals surface area contributed by atoms with Crippen LogP contribution in [0.2, 0.25) is 5.02 Å². The van der Waals surface area contributed by atoms with Gasteiger partial charge in [-0.3, -0.25) is 8.95 Å². The number of nitrogens with zero attached hydrogens (tertiary/aromatic N) is 3. The Kier molecular flexibility index (Phi) is 4.92. The Balaban J connectivity index is 1.90. The smallest absolute Gasteiger partial charge is 0.294 e. The number of fused-ring (bicyclic) bond motifs is 3. The molecule has 2 aromatic carbocycles. The first-order valence-electron chi connectivity index (χ1n) is 8.65. The number of nitrogens with one attached hydrogen (secondary N) is 1. The summed E-state index contributed by atoms with van der Waals surface area (Å²) in [5, 5.41) is 3.27. The summed E-state index contributed by atoms with van der Waals surface area (Å²) in [6.45, 7) is 1.67. The van der Waals surface area contributed by atoms with E-state index in [1.807, 2.05) is 4.40 Å². The number of halogens is 1. The van der Waals surface area contributed by atoms with Crippen molar-refractivity contribution in [3.63, 3.8) is 0 Å². The fraction of sp³-hybridized carbons (Fsp3) is 0.158. The Morgan fingerprint density at radius 1 is 1.10 bits per heavy atom. The molecule has 0 atom stereocenters. The summed E-state index contributed by atoms with van der Waals surface area (Å²) in [5.74, 6) is 1.54. The number of rotatable bonds is 5. The number of imidazole rings is 1. The van der Waals surface area contributed by atoms with E-state index in [0.717, 1.165) is 5.52 Å². The summed E-state index contributed by atoms with van der Waals surface area (Å²) in [5.41, 5.74) is 3.02. The first kappa shape index (κ1) is 20.2. The van der Waals surface area contributed by atoms with Gasteiger partial charge in [0.15, 0.2) is 17.3 Å². The third-order valence-corrected chi connectivity index (χ3v) is 5.79. The van der Waals surface area contributed by atoms with Crippen LogP contribution in [0.15, 0.2) is 41.7 Å². The summed E-state index contributed by atoms with van der Waals surface area (Å²) in [6, 6.07) is 6.05. The van der Waals surface area contributed by atoms with Crippen molar-refractivity contribution < 1.29 is 22.4 Å². The van der Waals surface area contributed by atoms with Crippen molar-refractivity contribution in [2.45, 2.75) is 11.8 Å². The summed E-state index contributed by atoms with van der Waals surface area (Å²) >= 11 is 6.30. The quantitative estimate of drug-likeness (QED) is 0.442. The van der Waals surface area contributed by atoms with Crippen molar-refractivity contribution in [3.8, 4) is 11.5 Å². The lowest BCUT2D eigenvalue weighted by Gasteiger charge is -2.15. The van der Waals surface area contributed by atoms with Crippen LogP contribution in [0.3, 0.4) is 0 Å². The van der Waals surface area contributed by atoms with Crippen LogP contribution in [-0.2, 0) is 10.1 Å². The highest BCUT2D eigenvalue weighted by Crippen LogP contribution is 2.36. The second-order valence-electron chi connectivity index (χ2n) is 6.50. The Morgan fingerprint density at radius 2 is 1.80 bits per heavy atom. The number of ether oxygens (including phenoxy) is 2. The minimum absolute atomic E-state index is 0.120. The van der Waals surface area contributed by atoms with Crippen LogP contribution in [0.25, 0.3) is 16.6 Å². The van der Waals surface area contributed by atoms with Crippen LogP contribution < -0.4 is 14.8 Å². The monoisotopic (exact) mass is 448 g/mol. The molecule has 0 radical (unpaired) electrons. The van der Waals surface area contributed by atoms with Gasteiger partial charge in [0.2, 0.25) is 0 Å². The molecule has 0 aliphatic heterocycles. The van der Waals surface area contributed by atoms with Gasteiger partial charge in [0.25, 0.3) is 10.1 Å². The number of anilines is 2. The molecular weight excluding hydrogens is 432 g/mol. The van der Waals surface area contributed by atoms with Gasteiger partial charge < -0.3 is 14.8 Å². The van der Waals surface area contributed by atoms with Crippen molar-refractivity contribution in [3.05, 3.63) is 47.4 Å². The lowest BCUT2D eigenvalue weighted by Crippen LogP contribution is -2.04. The molecule has 0 aliphatic carbocycles. The number of hydrogen-bond donors (Lipinski definition) is 2. The maximum atomic E-state index is 11.4. The van der Waals surface area contributed by atoms with Crippen molar-refractivity contribution in [2.75, 3.05) is 19.5 Å². The minimum Gasteiger partial charge on any atom is -0.493 e. The van der Waals surface area contributed by atoms with Crippen LogP contribution in [0.1, 0.15) is 5.56 Å². The molecule has 4 aromatic rings. The highest BCUT2D eigenvalue weighted by molar-refractivity contribution is 7.85. The summed E-state index contributed by atoms with van der Waals surface area (Å²) in [6.07, 6.45) is 3.29. The van der Waals surface area contributed by atoms with Crippen LogP contribution in [0.5, 0.6) is 11.5 Å². The van der Waals surface area contributed by atoms with Gasteiger partial charge in [-0.05, 0) is 24.6 Å². The highest BCUT2D eigenvalue weighted by Gasteiger charge is 2.18. The maximum absolute atomic E-state index is 11.4. The molecule has 2 heterocycles. The Bertz CT molecular complexity index is 1380. The lowest BCUT2D eigenvalue weighted by molar-refractivity contribution is 0.355. The van der Waals surface area contributed by atoms with Gasteiger partial charge in [0, 0.05) is 12.1 Å². The molecule has 30 heavy (non-hydrogen) atoms. The lowest BCUT2D eigenvalue weighted by atomic mass is 10.2. The van der Waals surface area contributed by atoms with Crippen LogP contribution in [0.4, 0.5) is 11.5 Å². The number of methoxy groups -OCH3 is 2. The summed E-state index contributed by atoms with van der Waals surface area (Å²) in [7, 11) is -1.28. The molecule has 2 aromatic heterocycles. The zero-order valence-corrected chi connectivity index (χ0v) is 17.7. The molecular formula is C19H17ClN4O5S. The topological polar surface area (TPSA) is 115 Å². The van der Waals surface area contributed by atoms with Gasteiger partial charge in [-0.1, -0.05) is 11.6 Å². The van der Waals surface area contributed by atoms with E-state index in [1.165, 1.54) is 12.1 Å². The summed E-state index contributed by atoms with van der Waals surface area (Å²) in [4.78, 5) is 8.60. The van der Waals surface area contributed by atoms with Gasteiger partial charge in [0.05, 0.1) is 53.4 Å². The molecule has 0 unspecified atom stereocenters. The molecule has 0 saturated heterocycles. The highest BCUT2D eigenvalue weighted by atomic mass is 35.5. The molecule has 0 spiro atoms. The zero-order chi connectivity index (χ0) is 21.6. The Hall–Kier alpha value is -3.08. The molecule has 0 bridgehead atoms. The summed E-state index contributed by atoms with van der Waals surface area (Å²) < 4.78 is 44.7. The van der Waals surface area contributed by atoms with E-state index in [-0.39, 0.29) is 9.92 Å². The maximum Gasteiger partial charge on any atom is 0.294 e. The van der Waals surface area contributed by atoms with E-state index in [1.54, 1.807) is 45.8 Å². The average molecular weight is 449 g/mol. The number of aromatic nitrogens is 3. The SMILES string of the molecule is COc1cc2nc(Nc3c(C)cc(S(=O)(=O)O)cc3Cl)c3cncn3c2cc1OC. The van der Waals surface area contributed by atoms with Crippen LogP contribution >= 0.6 is 11.6 Å². The van der Waals surface area contributed by atoms with Gasteiger partial charge in [0.1, 0.15) is 5.52 Å². The second-order valence-corrected chi connectivity index (χ2v) is 8.33. The van der Waals surface area contributed by atoms with Crippen molar-refractivity contribution in [2.24, 2.45) is 0 Å². The predicted octanol–water partition coefficient (Wildman–Crippen LogP) is 3.85. The van der Waals surface area contributed by atoms with Crippen LogP contribution in [-0.4, -0.2) is 41.6 Å². The Labute approximate surface area is 177 Å². The first-order valence-corrected chi connectivity index (χ1v) is 10.5. The minimum atomic E-state index is -4.37. The second kappa shape index (κ2) is 7.31. The van der Waals surface area contributed by atoms with E-state index in [2.05, 4.69) is 15.3 Å². The number of hydrogen-bond acceptors (Lipinski definition) is 7. The largest absolute Gasteiger partial charge is 0.493 e. The molecule has 0 amide bonds.